The van der Waals surface area contributed by atoms with Crippen molar-refractivity contribution in [2.24, 2.45) is 5.92 Å². The highest BCUT2D eigenvalue weighted by molar-refractivity contribution is 7.14. The van der Waals surface area contributed by atoms with Crippen molar-refractivity contribution in [1.82, 2.24) is 24.8 Å². The van der Waals surface area contributed by atoms with Crippen molar-refractivity contribution in [2.45, 2.75) is 12.8 Å². The number of hydrogen-bond donors (Lipinski definition) is 2. The largest absolute Gasteiger partial charge is 0.361 e. The summed E-state index contributed by atoms with van der Waals surface area (Å²) < 4.78 is 0. The van der Waals surface area contributed by atoms with Crippen LogP contribution in [-0.2, 0) is 0 Å². The van der Waals surface area contributed by atoms with Gasteiger partial charge in [-0.15, -0.1) is 11.3 Å². The molecule has 0 aliphatic carbocycles. The van der Waals surface area contributed by atoms with Gasteiger partial charge in [-0.3, -0.25) is 9.78 Å². The Morgan fingerprint density at radius 2 is 2.20 bits per heavy atom. The van der Waals surface area contributed by atoms with Gasteiger partial charge in [0.05, 0.1) is 11.7 Å². The maximum atomic E-state index is 11.9. The zero-order chi connectivity index (χ0) is 17.2. The summed E-state index contributed by atoms with van der Waals surface area (Å²) in [5.41, 5.74) is 1.81. The standard InChI is InChI=1S/C17H20N6OS/c1-23-6-3-11(4-7-23)8-19-17-22-13(9-25-17)15-14-12(2-5-18-15)16(24)21-10-20-14/h2,5,9-11H,3-4,6-8H2,1H3,(H,19,22)(H,20,21,24). The van der Waals surface area contributed by atoms with Gasteiger partial charge in [-0.05, 0) is 45.0 Å². The molecule has 0 unspecified atom stereocenters. The number of pyridine rings is 1. The number of aromatic amines is 1. The van der Waals surface area contributed by atoms with Gasteiger partial charge in [-0.25, -0.2) is 9.97 Å². The molecule has 7 nitrogen and oxygen atoms in total. The van der Waals surface area contributed by atoms with E-state index in [1.54, 1.807) is 23.6 Å². The van der Waals surface area contributed by atoms with Crippen LogP contribution in [0.15, 0.2) is 28.8 Å². The fourth-order valence-electron chi connectivity index (χ4n) is 3.15. The van der Waals surface area contributed by atoms with Crippen LogP contribution in [0.4, 0.5) is 5.13 Å². The molecule has 0 saturated carbocycles. The molecule has 3 aromatic rings. The second kappa shape index (κ2) is 6.89. The highest BCUT2D eigenvalue weighted by Crippen LogP contribution is 2.27. The molecule has 8 heteroatoms. The van der Waals surface area contributed by atoms with E-state index in [0.717, 1.165) is 30.5 Å². The van der Waals surface area contributed by atoms with E-state index in [-0.39, 0.29) is 5.56 Å². The number of nitrogens with one attached hydrogen (secondary N) is 2. The molecule has 1 aliphatic rings. The molecule has 0 aromatic carbocycles. The summed E-state index contributed by atoms with van der Waals surface area (Å²) in [5.74, 6) is 0.694. The van der Waals surface area contributed by atoms with Crippen LogP contribution in [0.2, 0.25) is 0 Å². The van der Waals surface area contributed by atoms with Crippen molar-refractivity contribution in [3.63, 3.8) is 0 Å². The molecule has 1 saturated heterocycles. The van der Waals surface area contributed by atoms with Crippen molar-refractivity contribution < 1.29 is 0 Å². The highest BCUT2D eigenvalue weighted by Gasteiger charge is 2.17. The first-order valence-corrected chi connectivity index (χ1v) is 9.29. The second-order valence-electron chi connectivity index (χ2n) is 6.45. The fourth-order valence-corrected chi connectivity index (χ4v) is 3.86. The van der Waals surface area contributed by atoms with Crippen molar-refractivity contribution in [3.05, 3.63) is 34.3 Å². The van der Waals surface area contributed by atoms with E-state index >= 15 is 0 Å². The van der Waals surface area contributed by atoms with Gasteiger partial charge in [0.1, 0.15) is 16.9 Å². The number of thiazole rings is 1. The zero-order valence-electron chi connectivity index (χ0n) is 14.0. The summed E-state index contributed by atoms with van der Waals surface area (Å²) in [6.07, 6.45) is 5.47. The first-order chi connectivity index (χ1) is 12.2. The van der Waals surface area contributed by atoms with Crippen LogP contribution in [-0.4, -0.2) is 51.5 Å². The van der Waals surface area contributed by atoms with Gasteiger partial charge in [0.25, 0.3) is 5.56 Å². The molecule has 0 amide bonds. The summed E-state index contributed by atoms with van der Waals surface area (Å²) in [4.78, 5) is 30.2. The first-order valence-electron chi connectivity index (χ1n) is 8.41. The predicted octanol–water partition coefficient (Wildman–Crippen LogP) is 2.20. The molecular formula is C17H20N6OS. The molecule has 0 atom stereocenters. The number of fused-ring (bicyclic) bond motifs is 1. The molecule has 130 valence electrons. The van der Waals surface area contributed by atoms with Crippen LogP contribution in [0, 0.1) is 5.92 Å². The van der Waals surface area contributed by atoms with E-state index in [2.05, 4.69) is 37.2 Å². The van der Waals surface area contributed by atoms with Crippen molar-refractivity contribution in [2.75, 3.05) is 32.0 Å². The number of nitrogens with zero attached hydrogens (tertiary/aromatic N) is 4. The second-order valence-corrected chi connectivity index (χ2v) is 7.31. The minimum Gasteiger partial charge on any atom is -0.361 e. The van der Waals surface area contributed by atoms with Gasteiger partial charge in [0, 0.05) is 18.1 Å². The Balaban J connectivity index is 1.52. The van der Waals surface area contributed by atoms with E-state index in [0.29, 0.717) is 22.5 Å². The molecule has 25 heavy (non-hydrogen) atoms. The zero-order valence-corrected chi connectivity index (χ0v) is 14.8. The molecule has 1 fully saturated rings. The molecule has 4 rings (SSSR count). The molecular weight excluding hydrogens is 336 g/mol. The highest BCUT2D eigenvalue weighted by atomic mass is 32.1. The molecule has 0 bridgehead atoms. The Hall–Kier alpha value is -2.32. The number of piperidine rings is 1. The third-order valence-electron chi connectivity index (χ3n) is 4.69. The van der Waals surface area contributed by atoms with Crippen LogP contribution >= 0.6 is 11.3 Å². The number of rotatable bonds is 4. The van der Waals surface area contributed by atoms with Crippen molar-refractivity contribution in [1.29, 1.82) is 0 Å². The first kappa shape index (κ1) is 16.2. The average Bonchev–Trinajstić information content (AvgIpc) is 3.10. The van der Waals surface area contributed by atoms with Crippen LogP contribution in [0.3, 0.4) is 0 Å². The maximum absolute atomic E-state index is 11.9. The fraction of sp³-hybridized carbons (Fsp3) is 0.412. The summed E-state index contributed by atoms with van der Waals surface area (Å²) in [6.45, 7) is 3.27. The van der Waals surface area contributed by atoms with Crippen LogP contribution in [0.25, 0.3) is 22.3 Å². The Morgan fingerprint density at radius 1 is 1.36 bits per heavy atom. The predicted molar refractivity (Wildman–Crippen MR) is 100.0 cm³/mol. The summed E-state index contributed by atoms with van der Waals surface area (Å²) >= 11 is 1.56. The van der Waals surface area contributed by atoms with Gasteiger partial charge in [0.15, 0.2) is 5.13 Å². The van der Waals surface area contributed by atoms with Gasteiger partial charge < -0.3 is 15.2 Å². The number of hydrogen-bond acceptors (Lipinski definition) is 7. The lowest BCUT2D eigenvalue weighted by Crippen LogP contribution is -2.32. The molecule has 1 aliphatic heterocycles. The third-order valence-corrected chi connectivity index (χ3v) is 5.49. The van der Waals surface area contributed by atoms with Gasteiger partial charge in [0.2, 0.25) is 0 Å². The Kier molecular flexibility index (Phi) is 4.46. The van der Waals surface area contributed by atoms with Crippen LogP contribution in [0.5, 0.6) is 0 Å². The van der Waals surface area contributed by atoms with Crippen molar-refractivity contribution in [3.8, 4) is 11.4 Å². The summed E-state index contributed by atoms with van der Waals surface area (Å²) in [6, 6.07) is 1.68. The maximum Gasteiger partial charge on any atom is 0.258 e. The number of aromatic nitrogens is 4. The number of H-pyrrole nitrogens is 1. The summed E-state index contributed by atoms with van der Waals surface area (Å²) in [5, 5.41) is 6.83. The van der Waals surface area contributed by atoms with Gasteiger partial charge in [-0.1, -0.05) is 0 Å². The van der Waals surface area contributed by atoms with Crippen LogP contribution < -0.4 is 10.9 Å². The van der Waals surface area contributed by atoms with Gasteiger partial charge in [-0.2, -0.15) is 0 Å². The number of likely N-dealkylation sites (tertiary alicyclic amines) is 1. The van der Waals surface area contributed by atoms with E-state index in [9.17, 15) is 4.79 Å². The Morgan fingerprint density at radius 3 is 3.04 bits per heavy atom. The normalized spacial score (nSPS) is 16.4. The smallest absolute Gasteiger partial charge is 0.258 e. The van der Waals surface area contributed by atoms with E-state index in [4.69, 9.17) is 0 Å². The number of anilines is 1. The lowest BCUT2D eigenvalue weighted by molar-refractivity contribution is 0.226. The van der Waals surface area contributed by atoms with Crippen molar-refractivity contribution >= 4 is 27.4 Å². The summed E-state index contributed by atoms with van der Waals surface area (Å²) in [7, 11) is 2.17. The lowest BCUT2D eigenvalue weighted by Gasteiger charge is -2.28. The van der Waals surface area contributed by atoms with E-state index in [1.807, 2.05) is 5.38 Å². The molecule has 0 spiro atoms. The van der Waals surface area contributed by atoms with E-state index in [1.165, 1.54) is 19.2 Å². The topological polar surface area (TPSA) is 86.8 Å². The Labute approximate surface area is 149 Å². The monoisotopic (exact) mass is 356 g/mol. The average molecular weight is 356 g/mol. The minimum atomic E-state index is -0.163. The molecule has 3 aromatic heterocycles. The van der Waals surface area contributed by atoms with Gasteiger partial charge >= 0.3 is 0 Å². The van der Waals surface area contributed by atoms with E-state index < -0.39 is 0 Å². The SMILES string of the molecule is CN1CCC(CNc2nc(-c3nccc4c(=O)[nH]cnc34)cs2)CC1. The molecule has 2 N–H and O–H groups in total. The molecule has 4 heterocycles. The Bertz CT molecular complexity index is 928. The quantitative estimate of drug-likeness (QED) is 0.745. The van der Waals surface area contributed by atoms with Crippen LogP contribution in [0.1, 0.15) is 12.8 Å². The minimum absolute atomic E-state index is 0.163. The molecule has 0 radical (unpaired) electrons. The lowest BCUT2D eigenvalue weighted by atomic mass is 9.97. The third kappa shape index (κ3) is 3.40.